The van der Waals surface area contributed by atoms with Crippen molar-refractivity contribution in [3.05, 3.63) is 81.8 Å². The van der Waals surface area contributed by atoms with Gasteiger partial charge < -0.3 is 9.72 Å². The van der Waals surface area contributed by atoms with E-state index in [-0.39, 0.29) is 11.1 Å². The monoisotopic (exact) mass is 344 g/mol. The van der Waals surface area contributed by atoms with Gasteiger partial charge in [0.05, 0.1) is 0 Å². The highest BCUT2D eigenvalue weighted by atomic mass is 16.5. The zero-order chi connectivity index (χ0) is 18.7. The topological polar surface area (TPSA) is 65.9 Å². The van der Waals surface area contributed by atoms with Crippen molar-refractivity contribution in [3.63, 3.8) is 0 Å². The average Bonchev–Trinajstić information content (AvgIpc) is 2.62. The van der Waals surface area contributed by atoms with Crippen molar-refractivity contribution >= 4 is 0 Å². The Labute approximate surface area is 152 Å². The summed E-state index contributed by atoms with van der Waals surface area (Å²) in [4.78, 5) is 14.8. The molecule has 2 aromatic carbocycles. The van der Waals surface area contributed by atoms with Gasteiger partial charge in [0.2, 0.25) is 0 Å². The molecule has 130 valence electrons. The Kier molecular flexibility index (Phi) is 4.90. The zero-order valence-electron chi connectivity index (χ0n) is 15.0. The molecule has 26 heavy (non-hydrogen) atoms. The number of nitriles is 1. The minimum Gasteiger partial charge on any atom is -0.456 e. The van der Waals surface area contributed by atoms with Gasteiger partial charge in [0, 0.05) is 16.8 Å². The number of nitrogens with zero attached hydrogens (tertiary/aromatic N) is 1. The Morgan fingerprint density at radius 3 is 2.35 bits per heavy atom. The molecule has 0 atom stereocenters. The third-order valence-corrected chi connectivity index (χ3v) is 4.22. The largest absolute Gasteiger partial charge is 0.456 e. The fourth-order valence-electron chi connectivity index (χ4n) is 2.96. The van der Waals surface area contributed by atoms with Gasteiger partial charge in [-0.1, -0.05) is 50.2 Å². The summed E-state index contributed by atoms with van der Waals surface area (Å²) in [5, 5.41) is 9.44. The molecule has 0 spiro atoms. The lowest BCUT2D eigenvalue weighted by molar-refractivity contribution is 0.475. The maximum absolute atomic E-state index is 12.2. The molecular weight excluding hydrogens is 324 g/mol. The van der Waals surface area contributed by atoms with Crippen LogP contribution in [0.3, 0.4) is 0 Å². The zero-order valence-corrected chi connectivity index (χ0v) is 15.0. The number of pyridine rings is 1. The number of aryl methyl sites for hydroxylation is 1. The van der Waals surface area contributed by atoms with Gasteiger partial charge in [0.1, 0.15) is 23.1 Å². The molecule has 0 aliphatic carbocycles. The van der Waals surface area contributed by atoms with Crippen LogP contribution in [0, 0.1) is 18.3 Å². The van der Waals surface area contributed by atoms with Gasteiger partial charge in [-0.3, -0.25) is 4.79 Å². The van der Waals surface area contributed by atoms with E-state index in [0.29, 0.717) is 22.9 Å². The first-order chi connectivity index (χ1) is 12.5. The summed E-state index contributed by atoms with van der Waals surface area (Å²) in [5.41, 5.74) is 2.79. The summed E-state index contributed by atoms with van der Waals surface area (Å²) < 4.78 is 6.21. The van der Waals surface area contributed by atoms with Gasteiger partial charge in [-0.2, -0.15) is 5.26 Å². The Bertz CT molecular complexity index is 1040. The minimum atomic E-state index is -0.389. The van der Waals surface area contributed by atoms with Crippen LogP contribution in [0.4, 0.5) is 0 Å². The van der Waals surface area contributed by atoms with Crippen molar-refractivity contribution in [1.29, 1.82) is 5.26 Å². The van der Waals surface area contributed by atoms with Gasteiger partial charge in [-0.15, -0.1) is 0 Å². The van der Waals surface area contributed by atoms with Gasteiger partial charge in [0.15, 0.2) is 0 Å². The molecule has 3 aromatic rings. The van der Waals surface area contributed by atoms with E-state index in [1.807, 2.05) is 54.6 Å². The van der Waals surface area contributed by atoms with Crippen molar-refractivity contribution in [1.82, 2.24) is 4.98 Å². The van der Waals surface area contributed by atoms with E-state index in [9.17, 15) is 10.1 Å². The molecule has 0 unspecified atom stereocenters. The molecule has 0 fully saturated rings. The van der Waals surface area contributed by atoms with E-state index in [0.717, 1.165) is 16.9 Å². The van der Waals surface area contributed by atoms with E-state index in [1.54, 1.807) is 13.0 Å². The normalized spacial score (nSPS) is 10.6. The maximum Gasteiger partial charge on any atom is 0.266 e. The van der Waals surface area contributed by atoms with Crippen molar-refractivity contribution < 1.29 is 4.74 Å². The summed E-state index contributed by atoms with van der Waals surface area (Å²) in [7, 11) is 0. The molecule has 4 nitrogen and oxygen atoms in total. The molecular formula is C22H20N2O2. The summed E-state index contributed by atoms with van der Waals surface area (Å²) in [6.45, 7) is 6.02. The van der Waals surface area contributed by atoms with E-state index < -0.39 is 0 Å². The van der Waals surface area contributed by atoms with Crippen LogP contribution in [-0.4, -0.2) is 4.98 Å². The van der Waals surface area contributed by atoms with Crippen molar-refractivity contribution in [2.24, 2.45) is 0 Å². The molecule has 1 aromatic heterocycles. The van der Waals surface area contributed by atoms with Crippen LogP contribution in [-0.2, 0) is 0 Å². The number of H-pyrrole nitrogens is 1. The number of rotatable bonds is 4. The van der Waals surface area contributed by atoms with E-state index in [4.69, 9.17) is 4.74 Å². The summed E-state index contributed by atoms with van der Waals surface area (Å²) in [5.74, 6) is 1.70. The van der Waals surface area contributed by atoms with Crippen LogP contribution in [0.25, 0.3) is 11.1 Å². The standard InChI is InChI=1S/C22H20N2O2/c1-14(2)16-8-4-6-10-20(16)26-21-11-7-5-9-17(21)18-12-15(3)24-22(25)19(18)13-23/h4-12,14H,1-3H3,(H,24,25). The predicted octanol–water partition coefficient (Wildman–Crippen LogP) is 5.14. The van der Waals surface area contributed by atoms with Crippen molar-refractivity contribution in [3.8, 4) is 28.7 Å². The van der Waals surface area contributed by atoms with Gasteiger partial charge in [0.25, 0.3) is 5.56 Å². The first kappa shape index (κ1) is 17.5. The summed E-state index contributed by atoms with van der Waals surface area (Å²) in [6.07, 6.45) is 0. The van der Waals surface area contributed by atoms with Gasteiger partial charge in [-0.05, 0) is 36.6 Å². The quantitative estimate of drug-likeness (QED) is 0.713. The fraction of sp³-hybridized carbons (Fsp3) is 0.182. The predicted molar refractivity (Wildman–Crippen MR) is 103 cm³/mol. The van der Waals surface area contributed by atoms with Crippen LogP contribution < -0.4 is 10.3 Å². The van der Waals surface area contributed by atoms with E-state index in [2.05, 4.69) is 18.8 Å². The third-order valence-electron chi connectivity index (χ3n) is 4.22. The van der Waals surface area contributed by atoms with Crippen LogP contribution in [0.2, 0.25) is 0 Å². The number of ether oxygens (including phenoxy) is 1. The molecule has 0 aliphatic rings. The molecule has 1 N–H and O–H groups in total. The van der Waals surface area contributed by atoms with Crippen LogP contribution in [0.1, 0.15) is 36.6 Å². The summed E-state index contributed by atoms with van der Waals surface area (Å²) >= 11 is 0. The third kappa shape index (κ3) is 3.38. The molecule has 0 aliphatic heterocycles. The molecule has 0 saturated carbocycles. The highest BCUT2D eigenvalue weighted by Crippen LogP contribution is 2.37. The minimum absolute atomic E-state index is 0.0868. The Hall–Kier alpha value is -3.32. The number of aromatic amines is 1. The molecule has 4 heteroatoms. The lowest BCUT2D eigenvalue weighted by atomic mass is 9.99. The molecule has 0 saturated heterocycles. The second-order valence-electron chi connectivity index (χ2n) is 6.47. The number of hydrogen-bond donors (Lipinski definition) is 1. The molecule has 0 radical (unpaired) electrons. The molecule has 1 heterocycles. The number of nitrogens with one attached hydrogen (secondary N) is 1. The molecule has 3 rings (SSSR count). The van der Waals surface area contributed by atoms with E-state index in [1.165, 1.54) is 0 Å². The van der Waals surface area contributed by atoms with Crippen LogP contribution in [0.5, 0.6) is 11.5 Å². The van der Waals surface area contributed by atoms with E-state index >= 15 is 0 Å². The number of aromatic nitrogens is 1. The highest BCUT2D eigenvalue weighted by molar-refractivity contribution is 5.76. The smallest absolute Gasteiger partial charge is 0.266 e. The van der Waals surface area contributed by atoms with Gasteiger partial charge in [-0.25, -0.2) is 0 Å². The van der Waals surface area contributed by atoms with Crippen LogP contribution in [0.15, 0.2) is 59.4 Å². The maximum atomic E-state index is 12.2. The second-order valence-corrected chi connectivity index (χ2v) is 6.47. The lowest BCUT2D eigenvalue weighted by Crippen LogP contribution is -2.12. The Morgan fingerprint density at radius 1 is 1.00 bits per heavy atom. The fourth-order valence-corrected chi connectivity index (χ4v) is 2.96. The van der Waals surface area contributed by atoms with Crippen LogP contribution >= 0.6 is 0 Å². The Balaban J connectivity index is 2.15. The first-order valence-corrected chi connectivity index (χ1v) is 8.51. The number of para-hydroxylation sites is 2. The highest BCUT2D eigenvalue weighted by Gasteiger charge is 2.16. The summed E-state index contributed by atoms with van der Waals surface area (Å²) in [6, 6.07) is 19.2. The lowest BCUT2D eigenvalue weighted by Gasteiger charge is -2.16. The van der Waals surface area contributed by atoms with Crippen molar-refractivity contribution in [2.45, 2.75) is 26.7 Å². The average molecular weight is 344 g/mol. The first-order valence-electron chi connectivity index (χ1n) is 8.51. The number of hydrogen-bond acceptors (Lipinski definition) is 3. The van der Waals surface area contributed by atoms with Crippen molar-refractivity contribution in [2.75, 3.05) is 0 Å². The SMILES string of the molecule is Cc1cc(-c2ccccc2Oc2ccccc2C(C)C)c(C#N)c(=O)[nH]1. The molecule has 0 amide bonds. The number of benzene rings is 2. The van der Waals surface area contributed by atoms with Gasteiger partial charge >= 0.3 is 0 Å². The Morgan fingerprint density at radius 2 is 1.65 bits per heavy atom. The second kappa shape index (κ2) is 7.28. The molecule has 0 bridgehead atoms.